The van der Waals surface area contributed by atoms with Crippen molar-refractivity contribution in [2.24, 2.45) is 0 Å². The van der Waals surface area contributed by atoms with Crippen molar-refractivity contribution in [1.29, 1.82) is 0 Å². The summed E-state index contributed by atoms with van der Waals surface area (Å²) in [5.74, 6) is -3.33. The zero-order valence-corrected chi connectivity index (χ0v) is 16.7. The molecule has 0 amide bonds. The summed E-state index contributed by atoms with van der Waals surface area (Å²) in [7, 11) is 0. The third kappa shape index (κ3) is 20.2. The van der Waals surface area contributed by atoms with Crippen LogP contribution in [0.25, 0.3) is 0 Å². The molecule has 2 aliphatic rings. The number of aliphatic hydroxyl groups excluding tert-OH is 4. The highest BCUT2D eigenvalue weighted by molar-refractivity contribution is 5.63. The maximum Gasteiger partial charge on any atom is 0.300 e. The van der Waals surface area contributed by atoms with Crippen LogP contribution in [0.1, 0.15) is 34.1 Å². The van der Waals surface area contributed by atoms with Crippen LogP contribution < -0.4 is 0 Å². The van der Waals surface area contributed by atoms with Gasteiger partial charge in [0.25, 0.3) is 23.9 Å². The SMILES string of the molecule is CC(=O)O.CC(=O)O.CC(=O)O.CC(=O)O.O[C@H]1[C@H](O)[C@@H](O)CN2CC[C@H](O)[C@H]12. The first kappa shape index (κ1) is 31.4. The minimum Gasteiger partial charge on any atom is -0.481 e. The highest BCUT2D eigenvalue weighted by Gasteiger charge is 2.47. The Balaban J connectivity index is -0.000000352. The van der Waals surface area contributed by atoms with E-state index in [4.69, 9.17) is 39.6 Å². The van der Waals surface area contributed by atoms with Crippen LogP contribution >= 0.6 is 0 Å². The second-order valence-corrected chi connectivity index (χ2v) is 5.97. The Hall–Kier alpha value is -2.32. The van der Waals surface area contributed by atoms with E-state index in [9.17, 15) is 20.4 Å². The zero-order valence-electron chi connectivity index (χ0n) is 16.7. The number of aliphatic hydroxyl groups is 4. The Morgan fingerprint density at radius 3 is 1.28 bits per heavy atom. The van der Waals surface area contributed by atoms with Crippen molar-refractivity contribution in [2.75, 3.05) is 13.1 Å². The van der Waals surface area contributed by atoms with Crippen molar-refractivity contribution < 1.29 is 60.0 Å². The Morgan fingerprint density at radius 2 is 0.966 bits per heavy atom. The minimum absolute atomic E-state index is 0.333. The number of carboxylic acids is 4. The lowest BCUT2D eigenvalue weighted by molar-refractivity contribution is -0.140. The molecule has 0 aromatic heterocycles. The molecule has 2 fully saturated rings. The molecule has 2 saturated heterocycles. The molecular formula is C16H31NO12. The molecule has 29 heavy (non-hydrogen) atoms. The molecule has 0 aromatic rings. The maximum absolute atomic E-state index is 9.58. The summed E-state index contributed by atoms with van der Waals surface area (Å²) >= 11 is 0. The van der Waals surface area contributed by atoms with Crippen molar-refractivity contribution in [3.8, 4) is 0 Å². The van der Waals surface area contributed by atoms with E-state index in [-0.39, 0.29) is 0 Å². The number of carboxylic acid groups (broad SMARTS) is 4. The molecule has 0 radical (unpaired) electrons. The molecule has 0 aromatic carbocycles. The standard InChI is InChI=1S/C8H15NO4.4C2H4O2/c10-4-1-2-9-3-5(11)7(12)8(13)6(4)9;4*1-2(3)4/h4-8,10-13H,1-3H2;4*1H3,(H,3,4)/t4-,5-,6+,7+,8+;;;;/m0..../s1. The number of fused-ring (bicyclic) bond motifs is 1. The largest absolute Gasteiger partial charge is 0.481 e. The van der Waals surface area contributed by atoms with Gasteiger partial charge in [0.05, 0.1) is 18.2 Å². The monoisotopic (exact) mass is 429 g/mol. The maximum atomic E-state index is 9.58. The van der Waals surface area contributed by atoms with Gasteiger partial charge in [0, 0.05) is 40.8 Å². The fourth-order valence-corrected chi connectivity index (χ4v) is 2.30. The quantitative estimate of drug-likeness (QED) is 0.206. The number of nitrogens with zero attached hydrogens (tertiary/aromatic N) is 1. The van der Waals surface area contributed by atoms with Crippen molar-refractivity contribution in [3.05, 3.63) is 0 Å². The van der Waals surface area contributed by atoms with Gasteiger partial charge < -0.3 is 40.9 Å². The summed E-state index contributed by atoms with van der Waals surface area (Å²) < 4.78 is 0. The smallest absolute Gasteiger partial charge is 0.300 e. The molecule has 0 bridgehead atoms. The molecule has 0 saturated carbocycles. The van der Waals surface area contributed by atoms with Crippen molar-refractivity contribution in [3.63, 3.8) is 0 Å². The van der Waals surface area contributed by atoms with Crippen LogP contribution in [0, 0.1) is 0 Å². The van der Waals surface area contributed by atoms with Crippen LogP contribution in [0.15, 0.2) is 0 Å². The fraction of sp³-hybridized carbons (Fsp3) is 0.750. The van der Waals surface area contributed by atoms with Gasteiger partial charge in [0.15, 0.2) is 0 Å². The average Bonchev–Trinajstić information content (AvgIpc) is 2.83. The van der Waals surface area contributed by atoms with Crippen LogP contribution in [0.3, 0.4) is 0 Å². The van der Waals surface area contributed by atoms with Crippen LogP contribution in [-0.2, 0) is 19.2 Å². The summed E-state index contributed by atoms with van der Waals surface area (Å²) in [5.41, 5.74) is 0. The molecule has 2 aliphatic heterocycles. The van der Waals surface area contributed by atoms with E-state index in [2.05, 4.69) is 0 Å². The van der Waals surface area contributed by atoms with Gasteiger partial charge >= 0.3 is 0 Å². The molecule has 0 unspecified atom stereocenters. The lowest BCUT2D eigenvalue weighted by atomic mass is 9.93. The predicted molar refractivity (Wildman–Crippen MR) is 97.2 cm³/mol. The summed E-state index contributed by atoms with van der Waals surface area (Å²) in [6.07, 6.45) is -3.06. The first-order valence-electron chi connectivity index (χ1n) is 8.28. The molecule has 13 heteroatoms. The molecule has 0 spiro atoms. The zero-order chi connectivity index (χ0) is 23.9. The third-order valence-electron chi connectivity index (χ3n) is 3.04. The fourth-order valence-electron chi connectivity index (χ4n) is 2.30. The van der Waals surface area contributed by atoms with Gasteiger partial charge in [-0.1, -0.05) is 0 Å². The summed E-state index contributed by atoms with van der Waals surface area (Å²) in [6, 6.07) is -0.404. The molecular weight excluding hydrogens is 398 g/mol. The van der Waals surface area contributed by atoms with E-state index < -0.39 is 54.3 Å². The first-order valence-corrected chi connectivity index (χ1v) is 8.28. The Labute approximate surface area is 167 Å². The normalized spacial score (nSPS) is 26.8. The van der Waals surface area contributed by atoms with Gasteiger partial charge in [-0.25, -0.2) is 0 Å². The molecule has 13 nitrogen and oxygen atoms in total. The van der Waals surface area contributed by atoms with Crippen molar-refractivity contribution in [2.45, 2.75) is 64.6 Å². The van der Waals surface area contributed by atoms with Crippen LogP contribution in [0.2, 0.25) is 0 Å². The molecule has 172 valence electrons. The summed E-state index contributed by atoms with van der Waals surface area (Å²) in [6.45, 7) is 5.34. The lowest BCUT2D eigenvalue weighted by Gasteiger charge is -2.40. The van der Waals surface area contributed by atoms with Crippen LogP contribution in [0.4, 0.5) is 0 Å². The molecule has 5 atom stereocenters. The van der Waals surface area contributed by atoms with Crippen molar-refractivity contribution >= 4 is 23.9 Å². The number of piperidine rings is 1. The molecule has 2 rings (SSSR count). The van der Waals surface area contributed by atoms with Crippen LogP contribution in [-0.4, -0.2) is 113 Å². The van der Waals surface area contributed by atoms with Gasteiger partial charge in [0.1, 0.15) is 12.2 Å². The molecule has 8 N–H and O–H groups in total. The van der Waals surface area contributed by atoms with Crippen molar-refractivity contribution in [1.82, 2.24) is 4.90 Å². The van der Waals surface area contributed by atoms with E-state index in [1.54, 1.807) is 0 Å². The van der Waals surface area contributed by atoms with Gasteiger partial charge in [-0.15, -0.1) is 0 Å². The molecule has 0 aliphatic carbocycles. The highest BCUT2D eigenvalue weighted by Crippen LogP contribution is 2.27. The van der Waals surface area contributed by atoms with E-state index in [0.717, 1.165) is 27.7 Å². The van der Waals surface area contributed by atoms with E-state index >= 15 is 0 Å². The second kappa shape index (κ2) is 16.6. The molecule has 2 heterocycles. The Kier molecular flexibility index (Phi) is 18.0. The predicted octanol–water partition coefficient (Wildman–Crippen LogP) is -2.12. The van der Waals surface area contributed by atoms with Crippen LogP contribution in [0.5, 0.6) is 0 Å². The number of rotatable bonds is 0. The average molecular weight is 429 g/mol. The van der Waals surface area contributed by atoms with Gasteiger partial charge in [0.2, 0.25) is 0 Å². The van der Waals surface area contributed by atoms with Gasteiger partial charge in [-0.3, -0.25) is 24.1 Å². The number of hydrogen-bond acceptors (Lipinski definition) is 9. The van der Waals surface area contributed by atoms with Gasteiger partial charge in [-0.2, -0.15) is 0 Å². The Bertz CT molecular complexity index is 448. The topological polar surface area (TPSA) is 233 Å². The first-order chi connectivity index (χ1) is 13.0. The highest BCUT2D eigenvalue weighted by atomic mass is 16.4. The van der Waals surface area contributed by atoms with E-state index in [0.29, 0.717) is 19.5 Å². The third-order valence-corrected chi connectivity index (χ3v) is 3.04. The number of aliphatic carboxylic acids is 4. The van der Waals surface area contributed by atoms with E-state index in [1.807, 2.05) is 4.90 Å². The minimum atomic E-state index is -1.13. The summed E-state index contributed by atoms with van der Waals surface area (Å²) in [4.78, 5) is 37.8. The number of carbonyl (C=O) groups is 4. The Morgan fingerprint density at radius 1 is 0.655 bits per heavy atom. The number of hydrogen-bond donors (Lipinski definition) is 8. The van der Waals surface area contributed by atoms with E-state index in [1.165, 1.54) is 0 Å². The lowest BCUT2D eigenvalue weighted by Crippen LogP contribution is -2.61. The summed E-state index contributed by atoms with van der Waals surface area (Å²) in [5, 5.41) is 67.5. The van der Waals surface area contributed by atoms with Gasteiger partial charge in [-0.05, 0) is 6.42 Å². The second-order valence-electron chi connectivity index (χ2n) is 5.97.